The first-order valence-electron chi connectivity index (χ1n) is 10.1. The molecule has 0 aromatic carbocycles. The molecule has 2 aliphatic heterocycles. The van der Waals surface area contributed by atoms with Gasteiger partial charge in [0.05, 0.1) is 0 Å². The molecule has 0 N–H and O–H groups in total. The van der Waals surface area contributed by atoms with E-state index in [0.29, 0.717) is 41.9 Å². The first-order chi connectivity index (χ1) is 11.5. The van der Waals surface area contributed by atoms with Crippen LogP contribution in [0.3, 0.4) is 0 Å². The summed E-state index contributed by atoms with van der Waals surface area (Å²) < 4.78 is 0. The monoisotopic (exact) mass is 332 g/mol. The molecule has 4 rings (SSSR count). The minimum atomic E-state index is 0.315. The Bertz CT molecular complexity index is 512. The van der Waals surface area contributed by atoms with E-state index in [9.17, 15) is 9.59 Å². The molecule has 0 radical (unpaired) electrons. The molecule has 1 unspecified atom stereocenters. The molecule has 2 heterocycles. The average Bonchev–Trinajstić information content (AvgIpc) is 3.15. The highest BCUT2D eigenvalue weighted by molar-refractivity contribution is 5.80. The summed E-state index contributed by atoms with van der Waals surface area (Å²) in [7, 11) is 0. The summed E-state index contributed by atoms with van der Waals surface area (Å²) in [6.07, 6.45) is 6.78. The van der Waals surface area contributed by atoms with Crippen LogP contribution in [-0.4, -0.2) is 47.8 Å². The van der Waals surface area contributed by atoms with Gasteiger partial charge in [-0.1, -0.05) is 13.8 Å². The third kappa shape index (κ3) is 3.09. The number of carbonyl (C=O) groups is 2. The number of fused-ring (bicyclic) bond motifs is 1. The van der Waals surface area contributed by atoms with Crippen LogP contribution in [0.2, 0.25) is 0 Å². The van der Waals surface area contributed by atoms with Gasteiger partial charge in [-0.2, -0.15) is 0 Å². The van der Waals surface area contributed by atoms with E-state index in [1.807, 2.05) is 4.90 Å². The number of piperidine rings is 1. The summed E-state index contributed by atoms with van der Waals surface area (Å²) in [6.45, 7) is 7.97. The van der Waals surface area contributed by atoms with Gasteiger partial charge in [0.1, 0.15) is 0 Å². The van der Waals surface area contributed by atoms with Crippen molar-refractivity contribution in [3.63, 3.8) is 0 Å². The second kappa shape index (κ2) is 6.34. The molecule has 0 aromatic heterocycles. The largest absolute Gasteiger partial charge is 0.342 e. The number of carbonyl (C=O) groups excluding carboxylic acids is 2. The molecule has 24 heavy (non-hydrogen) atoms. The number of amides is 2. The number of hydrogen-bond acceptors (Lipinski definition) is 2. The van der Waals surface area contributed by atoms with Crippen molar-refractivity contribution in [3.8, 4) is 0 Å². The molecular weight excluding hydrogens is 300 g/mol. The number of hydrogen-bond donors (Lipinski definition) is 0. The topological polar surface area (TPSA) is 40.6 Å². The highest BCUT2D eigenvalue weighted by Crippen LogP contribution is 2.55. The Hall–Kier alpha value is -1.06. The van der Waals surface area contributed by atoms with Crippen molar-refractivity contribution in [2.24, 2.45) is 35.5 Å². The molecule has 0 bridgehead atoms. The first kappa shape index (κ1) is 16.4. The van der Waals surface area contributed by atoms with Crippen LogP contribution in [0.15, 0.2) is 0 Å². The van der Waals surface area contributed by atoms with Crippen LogP contribution in [0, 0.1) is 35.5 Å². The molecule has 0 aromatic rings. The predicted molar refractivity (Wildman–Crippen MR) is 93.2 cm³/mol. The van der Waals surface area contributed by atoms with Crippen molar-refractivity contribution in [2.75, 3.05) is 26.2 Å². The van der Waals surface area contributed by atoms with Gasteiger partial charge in [0.2, 0.25) is 11.8 Å². The Morgan fingerprint density at radius 1 is 0.958 bits per heavy atom. The maximum atomic E-state index is 12.9. The molecule has 0 spiro atoms. The molecule has 2 saturated heterocycles. The minimum Gasteiger partial charge on any atom is -0.342 e. The zero-order chi connectivity index (χ0) is 16.8. The maximum absolute atomic E-state index is 12.9. The van der Waals surface area contributed by atoms with Crippen molar-refractivity contribution >= 4 is 11.8 Å². The van der Waals surface area contributed by atoms with Gasteiger partial charge in [0.15, 0.2) is 0 Å². The van der Waals surface area contributed by atoms with Crippen LogP contribution in [-0.2, 0) is 9.59 Å². The van der Waals surface area contributed by atoms with Gasteiger partial charge in [-0.25, -0.2) is 0 Å². The summed E-state index contributed by atoms with van der Waals surface area (Å²) in [6, 6.07) is 0. The Kier molecular flexibility index (Phi) is 4.34. The lowest BCUT2D eigenvalue weighted by Gasteiger charge is -2.47. The Balaban J connectivity index is 1.27. The number of rotatable bonds is 4. The van der Waals surface area contributed by atoms with Gasteiger partial charge in [0.25, 0.3) is 0 Å². The van der Waals surface area contributed by atoms with Gasteiger partial charge < -0.3 is 9.80 Å². The van der Waals surface area contributed by atoms with Crippen molar-refractivity contribution in [3.05, 3.63) is 0 Å². The van der Waals surface area contributed by atoms with Crippen molar-refractivity contribution in [1.82, 2.24) is 9.80 Å². The van der Waals surface area contributed by atoms with Gasteiger partial charge in [-0.05, 0) is 61.7 Å². The summed E-state index contributed by atoms with van der Waals surface area (Å²) >= 11 is 0. The molecule has 2 saturated carbocycles. The van der Waals surface area contributed by atoms with Gasteiger partial charge >= 0.3 is 0 Å². The normalized spacial score (nSPS) is 35.8. The van der Waals surface area contributed by atoms with Crippen LogP contribution in [0.4, 0.5) is 0 Å². The Morgan fingerprint density at radius 3 is 2.33 bits per heavy atom. The molecular formula is C20H32N2O2. The quantitative estimate of drug-likeness (QED) is 0.794. The molecule has 4 fully saturated rings. The van der Waals surface area contributed by atoms with Gasteiger partial charge in [-0.3, -0.25) is 9.59 Å². The van der Waals surface area contributed by atoms with Crippen molar-refractivity contribution < 1.29 is 9.59 Å². The predicted octanol–water partition coefficient (Wildman–Crippen LogP) is 2.78. The molecule has 4 atom stereocenters. The van der Waals surface area contributed by atoms with Crippen LogP contribution < -0.4 is 0 Å². The van der Waals surface area contributed by atoms with E-state index in [1.165, 1.54) is 19.3 Å². The van der Waals surface area contributed by atoms with Crippen molar-refractivity contribution in [2.45, 2.75) is 52.4 Å². The third-order valence-electron chi connectivity index (χ3n) is 6.94. The lowest BCUT2D eigenvalue weighted by atomic mass is 9.80. The summed E-state index contributed by atoms with van der Waals surface area (Å²) in [5.41, 5.74) is 0. The van der Waals surface area contributed by atoms with Crippen LogP contribution >= 0.6 is 0 Å². The second-order valence-electron chi connectivity index (χ2n) is 9.19. The summed E-state index contributed by atoms with van der Waals surface area (Å²) in [5.74, 6) is 4.40. The van der Waals surface area contributed by atoms with E-state index in [2.05, 4.69) is 18.7 Å². The second-order valence-corrected chi connectivity index (χ2v) is 9.19. The van der Waals surface area contributed by atoms with E-state index in [1.54, 1.807) is 0 Å². The molecule has 4 nitrogen and oxygen atoms in total. The number of likely N-dealkylation sites (tertiary alicyclic amines) is 2. The Labute approximate surface area is 145 Å². The van der Waals surface area contributed by atoms with E-state index in [0.717, 1.165) is 50.9 Å². The first-order valence-corrected chi connectivity index (χ1v) is 10.1. The molecule has 4 aliphatic rings. The van der Waals surface area contributed by atoms with Gasteiger partial charge in [0, 0.05) is 38.5 Å². The summed E-state index contributed by atoms with van der Waals surface area (Å²) in [5, 5.41) is 0. The van der Waals surface area contributed by atoms with E-state index in [4.69, 9.17) is 0 Å². The van der Waals surface area contributed by atoms with Crippen LogP contribution in [0.1, 0.15) is 52.4 Å². The average molecular weight is 332 g/mol. The highest BCUT2D eigenvalue weighted by Gasteiger charge is 2.52. The van der Waals surface area contributed by atoms with Crippen molar-refractivity contribution in [1.29, 1.82) is 0 Å². The zero-order valence-corrected chi connectivity index (χ0v) is 15.2. The third-order valence-corrected chi connectivity index (χ3v) is 6.94. The maximum Gasteiger partial charge on any atom is 0.225 e. The fourth-order valence-corrected chi connectivity index (χ4v) is 5.33. The lowest BCUT2D eigenvalue weighted by Crippen LogP contribution is -2.56. The molecule has 2 amide bonds. The Morgan fingerprint density at radius 2 is 1.71 bits per heavy atom. The minimum absolute atomic E-state index is 0.315. The van der Waals surface area contributed by atoms with E-state index >= 15 is 0 Å². The standard InChI is InChI=1S/C20H32N2O2/c1-13(2)8-19(23)22-11-16(12-22)15-4-3-7-21(10-15)20(24)17-6-5-14-9-18(14)17/h13-18H,3-12H2,1-2H3/t14-,15?,17-,18+/m1/s1. The van der Waals surface area contributed by atoms with E-state index in [-0.39, 0.29) is 0 Å². The summed E-state index contributed by atoms with van der Waals surface area (Å²) in [4.78, 5) is 29.2. The van der Waals surface area contributed by atoms with E-state index < -0.39 is 0 Å². The molecule has 134 valence electrons. The molecule has 4 heteroatoms. The lowest BCUT2D eigenvalue weighted by molar-refractivity contribution is -0.144. The van der Waals surface area contributed by atoms with Crippen LogP contribution in [0.25, 0.3) is 0 Å². The fourth-order valence-electron chi connectivity index (χ4n) is 5.33. The SMILES string of the molecule is CC(C)CC(=O)N1CC(C2CCCN(C(=O)[C@@H]3CC[C@@H]4C[C@@H]43)C2)C1. The smallest absolute Gasteiger partial charge is 0.225 e. The van der Waals surface area contributed by atoms with Crippen LogP contribution in [0.5, 0.6) is 0 Å². The highest BCUT2D eigenvalue weighted by atomic mass is 16.2. The van der Waals surface area contributed by atoms with Gasteiger partial charge in [-0.15, -0.1) is 0 Å². The molecule has 2 aliphatic carbocycles. The zero-order valence-electron chi connectivity index (χ0n) is 15.2. The fraction of sp³-hybridized carbons (Fsp3) is 0.900. The number of nitrogens with zero attached hydrogens (tertiary/aromatic N) is 2.